The summed E-state index contributed by atoms with van der Waals surface area (Å²) in [7, 11) is 0. The van der Waals surface area contributed by atoms with Crippen LogP contribution in [-0.4, -0.2) is 197 Å². The summed E-state index contributed by atoms with van der Waals surface area (Å²) in [4.78, 5) is 154. The van der Waals surface area contributed by atoms with Crippen molar-refractivity contribution in [3.05, 3.63) is 84.1 Å². The summed E-state index contributed by atoms with van der Waals surface area (Å²) in [5.74, 6) is -10.7. The van der Waals surface area contributed by atoms with Crippen LogP contribution < -0.4 is 87.2 Å². The van der Waals surface area contributed by atoms with Crippen LogP contribution in [0, 0.1) is 5.92 Å². The van der Waals surface area contributed by atoms with E-state index in [-0.39, 0.29) is 76.2 Å². The Morgan fingerprint density at radius 2 is 1.11 bits per heavy atom. The molecule has 1 aliphatic rings. The first-order chi connectivity index (χ1) is 41.9. The monoisotopic (exact) mass is 1230 g/mol. The number of hydrogen-bond acceptors (Lipinski definition) is 20. The molecule has 482 valence electrons. The standard InChI is InChI=1S/C57H86N18O13/c1-30(2)25-42-53(84)68-36(15-20-58)48(79)67-39(18-23-61)52(83)73-45(31(3)76)56(87)63-24-19-40(50(81)66-37(16-21-59)49(80)71-43(54(85)70-42)26-33-11-7-5-8-12-33)69-55(86)44(28-62)72-57(88)46(32(4)77)74-51(82)38(17-22-60)65-47(78)35-27-41(75-64-29-35)34-13-9-6-10-14-34/h5-14,27,29-32,36-40,42-46,76-77H,15-26,28,58-62H2,1-4H3,(H,63,87)(H,65,78)(H,66,81)(H,67,79)(H,68,84)(H,69,86)(H,70,85)(H,71,80)(H,72,88)(H,73,83)(H,74,82)/t31-,32-,36+,37+,38+,39+,40+,42+,43-,44+,45+,46+/m1/s1. The molecule has 0 unspecified atom stereocenters. The van der Waals surface area contributed by atoms with E-state index < -0.39 is 157 Å². The van der Waals surface area contributed by atoms with E-state index in [0.29, 0.717) is 16.8 Å². The van der Waals surface area contributed by atoms with Gasteiger partial charge in [0.05, 0.1) is 29.7 Å². The Morgan fingerprint density at radius 1 is 0.591 bits per heavy atom. The molecule has 2 aromatic carbocycles. The highest BCUT2D eigenvalue weighted by molar-refractivity contribution is 6.01. The second-order valence-electron chi connectivity index (χ2n) is 21.5. The van der Waals surface area contributed by atoms with Crippen molar-refractivity contribution in [3.63, 3.8) is 0 Å². The summed E-state index contributed by atoms with van der Waals surface area (Å²) in [6.45, 7) is 4.15. The van der Waals surface area contributed by atoms with Crippen molar-refractivity contribution in [2.45, 2.75) is 145 Å². The number of aliphatic hydroxyl groups is 2. The van der Waals surface area contributed by atoms with Crippen LogP contribution in [0.3, 0.4) is 0 Å². The number of amides is 11. The summed E-state index contributed by atoms with van der Waals surface area (Å²) in [5, 5.41) is 57.2. The second kappa shape index (κ2) is 36.5. The van der Waals surface area contributed by atoms with E-state index in [1.807, 2.05) is 0 Å². The third kappa shape index (κ3) is 22.6. The van der Waals surface area contributed by atoms with Gasteiger partial charge >= 0.3 is 0 Å². The molecule has 0 spiro atoms. The number of nitrogens with one attached hydrogen (secondary N) is 11. The fourth-order valence-electron chi connectivity index (χ4n) is 9.15. The molecule has 1 saturated heterocycles. The van der Waals surface area contributed by atoms with E-state index in [0.717, 1.165) is 6.92 Å². The lowest BCUT2D eigenvalue weighted by molar-refractivity contribution is -0.136. The quantitative estimate of drug-likeness (QED) is 0.0397. The molecule has 1 aromatic heterocycles. The maximum Gasteiger partial charge on any atom is 0.253 e. The number of benzene rings is 2. The van der Waals surface area contributed by atoms with Gasteiger partial charge < -0.3 is 97.4 Å². The minimum Gasteiger partial charge on any atom is -0.391 e. The molecule has 3 aromatic rings. The molecule has 88 heavy (non-hydrogen) atoms. The van der Waals surface area contributed by atoms with E-state index in [1.54, 1.807) is 74.5 Å². The van der Waals surface area contributed by atoms with Gasteiger partial charge in [-0.2, -0.15) is 10.2 Å². The number of carbonyl (C=O) groups is 11. The van der Waals surface area contributed by atoms with Crippen LogP contribution in [0.15, 0.2) is 72.9 Å². The van der Waals surface area contributed by atoms with E-state index in [1.165, 1.54) is 19.2 Å². The largest absolute Gasteiger partial charge is 0.391 e. The second-order valence-corrected chi connectivity index (χ2v) is 21.5. The van der Waals surface area contributed by atoms with Gasteiger partial charge in [-0.05, 0) is 96.1 Å². The van der Waals surface area contributed by atoms with Crippen molar-refractivity contribution in [2.24, 2.45) is 34.6 Å². The molecular formula is C57H86N18O13. The van der Waals surface area contributed by atoms with Crippen molar-refractivity contribution in [2.75, 3.05) is 39.3 Å². The summed E-state index contributed by atoms with van der Waals surface area (Å²) < 4.78 is 0. The molecule has 1 aliphatic heterocycles. The van der Waals surface area contributed by atoms with Gasteiger partial charge in [-0.3, -0.25) is 52.7 Å². The number of rotatable bonds is 24. The maximum atomic E-state index is 14.5. The number of aromatic nitrogens is 2. The fourth-order valence-corrected chi connectivity index (χ4v) is 9.15. The van der Waals surface area contributed by atoms with Crippen LogP contribution in [0.1, 0.15) is 82.1 Å². The number of aliphatic hydroxyl groups excluding tert-OH is 2. The zero-order chi connectivity index (χ0) is 65.0. The molecule has 0 saturated carbocycles. The highest BCUT2D eigenvalue weighted by atomic mass is 16.3. The van der Waals surface area contributed by atoms with Crippen LogP contribution in [0.5, 0.6) is 0 Å². The highest BCUT2D eigenvalue weighted by Gasteiger charge is 2.37. The van der Waals surface area contributed by atoms with Gasteiger partial charge in [0.25, 0.3) is 5.91 Å². The van der Waals surface area contributed by atoms with Crippen molar-refractivity contribution in [1.29, 1.82) is 0 Å². The first-order valence-corrected chi connectivity index (χ1v) is 29.1. The Labute approximate surface area is 509 Å². The molecule has 11 amide bonds. The Kier molecular flexibility index (Phi) is 29.8. The number of hydrogen-bond donors (Lipinski definition) is 18. The molecule has 12 atom stereocenters. The van der Waals surface area contributed by atoms with Crippen molar-refractivity contribution in [3.8, 4) is 11.3 Å². The molecule has 31 heteroatoms. The van der Waals surface area contributed by atoms with E-state index in [9.17, 15) is 63.0 Å². The first kappa shape index (κ1) is 71.9. The third-order valence-corrected chi connectivity index (χ3v) is 13.9. The Bertz CT molecular complexity index is 2830. The zero-order valence-electron chi connectivity index (χ0n) is 49.8. The Morgan fingerprint density at radius 3 is 1.65 bits per heavy atom. The molecule has 1 fully saturated rings. The summed E-state index contributed by atoms with van der Waals surface area (Å²) in [5.41, 5.74) is 31.1. The van der Waals surface area contributed by atoms with Crippen LogP contribution >= 0.6 is 0 Å². The predicted molar refractivity (Wildman–Crippen MR) is 320 cm³/mol. The van der Waals surface area contributed by atoms with Crippen LogP contribution in [-0.2, 0) is 54.4 Å². The molecule has 0 aliphatic carbocycles. The van der Waals surface area contributed by atoms with Crippen molar-refractivity contribution < 1.29 is 63.0 Å². The third-order valence-electron chi connectivity index (χ3n) is 13.9. The topological polar surface area (TPSA) is 516 Å². The van der Waals surface area contributed by atoms with Gasteiger partial charge in [0.15, 0.2) is 0 Å². The van der Waals surface area contributed by atoms with Gasteiger partial charge in [-0.1, -0.05) is 74.5 Å². The first-order valence-electron chi connectivity index (χ1n) is 29.1. The maximum absolute atomic E-state index is 14.5. The predicted octanol–water partition coefficient (Wildman–Crippen LogP) is -6.47. The zero-order valence-corrected chi connectivity index (χ0v) is 49.8. The Hall–Kier alpha value is -8.59. The summed E-state index contributed by atoms with van der Waals surface area (Å²) in [6, 6.07) is 3.46. The lowest BCUT2D eigenvalue weighted by Gasteiger charge is -2.28. The van der Waals surface area contributed by atoms with E-state index in [2.05, 4.69) is 68.7 Å². The van der Waals surface area contributed by atoms with Crippen LogP contribution in [0.25, 0.3) is 11.3 Å². The minimum absolute atomic E-state index is 0.0347. The SMILES string of the molecule is CC(C)C[C@@H]1NC(=O)[C@@H](Cc2ccccc2)NC(=O)[C@H](CCN)NC(=O)[C@@H](NC(=O)[C@H](CN)NC(=O)[C@@H](NC(=O)[C@H](CCN)NC(=O)c2cnnc(-c3ccccc3)c2)[C@@H](C)O)CCNC(=O)[C@H]([C@@H](C)O)NC(=O)[C@H](CCN)NC(=O)[C@H](CCN)NC1=O. The molecule has 0 radical (unpaired) electrons. The summed E-state index contributed by atoms with van der Waals surface area (Å²) in [6.07, 6.45) is -3.35. The number of nitrogens with two attached hydrogens (primary N) is 5. The molecule has 0 bridgehead atoms. The fraction of sp³-hybridized carbons (Fsp3) is 0.526. The normalized spacial score (nSPS) is 22.0. The number of carbonyl (C=O) groups excluding carboxylic acids is 11. The highest BCUT2D eigenvalue weighted by Crippen LogP contribution is 2.17. The van der Waals surface area contributed by atoms with Gasteiger partial charge in [0.1, 0.15) is 60.4 Å². The average Bonchev–Trinajstić information content (AvgIpc) is 2.35. The molecule has 23 N–H and O–H groups in total. The molecule has 4 rings (SSSR count). The lowest BCUT2D eigenvalue weighted by atomic mass is 10.00. The van der Waals surface area contributed by atoms with Crippen LogP contribution in [0.4, 0.5) is 0 Å². The van der Waals surface area contributed by atoms with Gasteiger partial charge in [-0.15, -0.1) is 0 Å². The Balaban J connectivity index is 1.68. The molecular weight excluding hydrogens is 1140 g/mol. The van der Waals surface area contributed by atoms with Crippen LogP contribution in [0.2, 0.25) is 0 Å². The summed E-state index contributed by atoms with van der Waals surface area (Å²) >= 11 is 0. The smallest absolute Gasteiger partial charge is 0.253 e. The van der Waals surface area contributed by atoms with Crippen molar-refractivity contribution >= 4 is 65.0 Å². The number of nitrogens with zero attached hydrogens (tertiary/aromatic N) is 2. The van der Waals surface area contributed by atoms with Crippen molar-refractivity contribution in [1.82, 2.24) is 68.7 Å². The minimum atomic E-state index is -1.79. The van der Waals surface area contributed by atoms with E-state index in [4.69, 9.17) is 28.7 Å². The lowest BCUT2D eigenvalue weighted by Crippen LogP contribution is -2.63. The van der Waals surface area contributed by atoms with Gasteiger partial charge in [-0.25, -0.2) is 0 Å². The average molecular weight is 1230 g/mol. The molecule has 2 heterocycles. The van der Waals surface area contributed by atoms with E-state index >= 15 is 0 Å². The van der Waals surface area contributed by atoms with Gasteiger partial charge in [0.2, 0.25) is 59.1 Å². The van der Waals surface area contributed by atoms with Gasteiger partial charge in [0, 0.05) is 25.1 Å². The molecule has 31 nitrogen and oxygen atoms in total.